The average molecular weight is 396 g/mol. The molecule has 150 valence electrons. The van der Waals surface area contributed by atoms with Gasteiger partial charge in [0.05, 0.1) is 11.6 Å². The summed E-state index contributed by atoms with van der Waals surface area (Å²) >= 11 is 0. The second kappa shape index (κ2) is 5.87. The fourth-order valence-corrected chi connectivity index (χ4v) is 7.47. The van der Waals surface area contributed by atoms with Gasteiger partial charge >= 0.3 is 5.97 Å². The van der Waals surface area contributed by atoms with E-state index < -0.39 is 5.97 Å². The zero-order valence-electron chi connectivity index (χ0n) is 16.9. The fourth-order valence-electron chi connectivity index (χ4n) is 7.47. The van der Waals surface area contributed by atoms with E-state index in [1.165, 1.54) is 52.3 Å². The Morgan fingerprint density at radius 3 is 2.63 bits per heavy atom. The number of carboxylic acids is 1. The van der Waals surface area contributed by atoms with Crippen LogP contribution in [0, 0.1) is 17.8 Å². The minimum absolute atomic E-state index is 0.304. The fraction of sp³-hybridized carbons (Fsp3) is 0.370. The van der Waals surface area contributed by atoms with Crippen LogP contribution >= 0.6 is 0 Å². The molecule has 3 aliphatic carbocycles. The third-order valence-corrected chi connectivity index (χ3v) is 8.58. The number of fused-ring (bicyclic) bond motifs is 7. The highest BCUT2D eigenvalue weighted by Gasteiger charge is 2.54. The van der Waals surface area contributed by atoms with Crippen molar-refractivity contribution in [1.82, 2.24) is 0 Å². The summed E-state index contributed by atoms with van der Waals surface area (Å²) in [4.78, 5) is 11.6. The minimum atomic E-state index is -0.827. The minimum Gasteiger partial charge on any atom is -0.478 e. The van der Waals surface area contributed by atoms with Gasteiger partial charge in [0.2, 0.25) is 0 Å². The van der Waals surface area contributed by atoms with Gasteiger partial charge in [-0.05, 0) is 107 Å². The van der Waals surface area contributed by atoms with Crippen LogP contribution in [0.3, 0.4) is 0 Å². The third kappa shape index (κ3) is 2.13. The molecule has 0 unspecified atom stereocenters. The Morgan fingerprint density at radius 2 is 1.77 bits per heavy atom. The SMILES string of the molecule is O=C(O)c1ccc2c(c1)[C@@H]1[C@H]3CC[C@@H](C3)[C@H]1[C@@H](c1ccc3c4c(cccc14)CC3)N2. The van der Waals surface area contributed by atoms with Gasteiger partial charge in [-0.15, -0.1) is 0 Å². The molecule has 4 aliphatic rings. The normalized spacial score (nSPS) is 30.2. The van der Waals surface area contributed by atoms with Gasteiger partial charge < -0.3 is 10.4 Å². The number of carboxylic acid groups (broad SMARTS) is 1. The second-order valence-corrected chi connectivity index (χ2v) is 9.82. The summed E-state index contributed by atoms with van der Waals surface area (Å²) in [5.41, 5.74) is 7.23. The van der Waals surface area contributed by atoms with Crippen molar-refractivity contribution in [2.45, 2.75) is 44.1 Å². The summed E-state index contributed by atoms with van der Waals surface area (Å²) < 4.78 is 0. The van der Waals surface area contributed by atoms with Crippen LogP contribution in [0.1, 0.15) is 63.8 Å². The van der Waals surface area contributed by atoms with E-state index in [0.717, 1.165) is 24.4 Å². The predicted molar refractivity (Wildman–Crippen MR) is 118 cm³/mol. The summed E-state index contributed by atoms with van der Waals surface area (Å²) in [6, 6.07) is 17.6. The highest BCUT2D eigenvalue weighted by molar-refractivity contribution is 5.94. The maximum atomic E-state index is 11.6. The van der Waals surface area contributed by atoms with Gasteiger partial charge in [0.25, 0.3) is 0 Å². The molecule has 3 nitrogen and oxygen atoms in total. The topological polar surface area (TPSA) is 49.3 Å². The van der Waals surface area contributed by atoms with Gasteiger partial charge in [0, 0.05) is 5.69 Å². The summed E-state index contributed by atoms with van der Waals surface area (Å²) in [6.45, 7) is 0. The van der Waals surface area contributed by atoms with Crippen LogP contribution in [0.2, 0.25) is 0 Å². The number of benzene rings is 3. The van der Waals surface area contributed by atoms with Crippen molar-refractivity contribution in [2.24, 2.45) is 17.8 Å². The summed E-state index contributed by atoms with van der Waals surface area (Å²) in [5, 5.41) is 16.4. The second-order valence-electron chi connectivity index (χ2n) is 9.82. The molecule has 2 fully saturated rings. The quantitative estimate of drug-likeness (QED) is 0.565. The molecule has 7 rings (SSSR count). The van der Waals surface area contributed by atoms with E-state index in [9.17, 15) is 9.90 Å². The third-order valence-electron chi connectivity index (χ3n) is 8.58. The standard InChI is InChI=1S/C27H25NO2/c29-27(30)18-9-11-22-21(13-18)24-16-6-7-17(12-16)25(24)26(28-22)20-10-8-15-5-4-14-2-1-3-19(20)23(14)15/h1-3,8-11,13,16-17,24-26,28H,4-7,12H2,(H,29,30)/t16-,17-,24-,25+,26+/m0/s1. The number of aromatic carboxylic acids is 1. The number of hydrogen-bond donors (Lipinski definition) is 2. The number of rotatable bonds is 2. The molecule has 30 heavy (non-hydrogen) atoms. The van der Waals surface area contributed by atoms with Gasteiger partial charge in [-0.3, -0.25) is 0 Å². The largest absolute Gasteiger partial charge is 0.478 e. The van der Waals surface area contributed by atoms with Gasteiger partial charge in [-0.2, -0.15) is 0 Å². The van der Waals surface area contributed by atoms with Crippen molar-refractivity contribution < 1.29 is 9.90 Å². The van der Waals surface area contributed by atoms with E-state index in [1.54, 1.807) is 6.07 Å². The Morgan fingerprint density at radius 1 is 0.933 bits per heavy atom. The van der Waals surface area contributed by atoms with Crippen LogP contribution in [-0.4, -0.2) is 11.1 Å². The lowest BCUT2D eigenvalue weighted by atomic mass is 9.67. The summed E-state index contributed by atoms with van der Waals surface area (Å²) in [5.74, 6) is 1.64. The van der Waals surface area contributed by atoms with Crippen molar-refractivity contribution in [1.29, 1.82) is 0 Å². The smallest absolute Gasteiger partial charge is 0.335 e. The van der Waals surface area contributed by atoms with Crippen molar-refractivity contribution in [3.63, 3.8) is 0 Å². The molecular weight excluding hydrogens is 370 g/mol. The molecule has 1 aliphatic heterocycles. The predicted octanol–water partition coefficient (Wildman–Crippen LogP) is 5.93. The molecule has 2 bridgehead atoms. The average Bonchev–Trinajstić information content (AvgIpc) is 3.49. The highest BCUT2D eigenvalue weighted by atomic mass is 16.4. The molecule has 1 heterocycles. The highest BCUT2D eigenvalue weighted by Crippen LogP contribution is 2.64. The molecule has 0 saturated heterocycles. The van der Waals surface area contributed by atoms with Crippen molar-refractivity contribution >= 4 is 22.4 Å². The van der Waals surface area contributed by atoms with E-state index in [2.05, 4.69) is 35.6 Å². The van der Waals surface area contributed by atoms with Crippen LogP contribution in [0.15, 0.2) is 48.5 Å². The van der Waals surface area contributed by atoms with Crippen LogP contribution in [0.25, 0.3) is 10.8 Å². The van der Waals surface area contributed by atoms with Crippen molar-refractivity contribution in [3.8, 4) is 0 Å². The maximum absolute atomic E-state index is 11.6. The first-order valence-corrected chi connectivity index (χ1v) is 11.4. The Labute approximate surface area is 176 Å². The zero-order chi connectivity index (χ0) is 20.0. The van der Waals surface area contributed by atoms with Crippen LogP contribution in [-0.2, 0) is 12.8 Å². The van der Waals surface area contributed by atoms with Crippen LogP contribution < -0.4 is 5.32 Å². The first-order chi connectivity index (χ1) is 14.7. The number of hydrogen-bond acceptors (Lipinski definition) is 2. The number of aryl methyl sites for hydroxylation is 2. The lowest BCUT2D eigenvalue weighted by Gasteiger charge is -2.44. The van der Waals surface area contributed by atoms with Gasteiger partial charge in [-0.25, -0.2) is 4.79 Å². The number of carbonyl (C=O) groups is 1. The summed E-state index contributed by atoms with van der Waals surface area (Å²) in [6.07, 6.45) is 6.22. The summed E-state index contributed by atoms with van der Waals surface area (Å²) in [7, 11) is 0. The Kier molecular flexibility index (Phi) is 3.31. The molecule has 5 atom stereocenters. The number of anilines is 1. The van der Waals surface area contributed by atoms with Crippen molar-refractivity contribution in [3.05, 3.63) is 76.3 Å². The van der Waals surface area contributed by atoms with E-state index in [-0.39, 0.29) is 0 Å². The van der Waals surface area contributed by atoms with E-state index in [1.807, 2.05) is 12.1 Å². The van der Waals surface area contributed by atoms with Gasteiger partial charge in [0.15, 0.2) is 0 Å². The zero-order valence-corrected chi connectivity index (χ0v) is 16.9. The Balaban J connectivity index is 1.43. The van der Waals surface area contributed by atoms with Crippen LogP contribution in [0.4, 0.5) is 5.69 Å². The molecule has 2 saturated carbocycles. The monoisotopic (exact) mass is 395 g/mol. The van der Waals surface area contributed by atoms with Gasteiger partial charge in [-0.1, -0.05) is 30.3 Å². The molecule has 3 aromatic carbocycles. The molecule has 0 radical (unpaired) electrons. The van der Waals surface area contributed by atoms with E-state index in [4.69, 9.17) is 0 Å². The molecule has 0 aromatic heterocycles. The molecule has 0 spiro atoms. The first-order valence-electron chi connectivity index (χ1n) is 11.4. The molecule has 0 amide bonds. The molecule has 3 heteroatoms. The van der Waals surface area contributed by atoms with E-state index >= 15 is 0 Å². The maximum Gasteiger partial charge on any atom is 0.335 e. The Bertz CT molecular complexity index is 1220. The lowest BCUT2D eigenvalue weighted by Crippen LogP contribution is -2.35. The van der Waals surface area contributed by atoms with Gasteiger partial charge in [0.1, 0.15) is 0 Å². The number of nitrogens with one attached hydrogen (secondary N) is 1. The molecular formula is C27H25NO2. The molecule has 3 aromatic rings. The molecule has 2 N–H and O–H groups in total. The van der Waals surface area contributed by atoms with E-state index in [0.29, 0.717) is 29.4 Å². The lowest BCUT2D eigenvalue weighted by molar-refractivity contribution is 0.0696. The first kappa shape index (κ1) is 16.9. The Hall–Kier alpha value is -2.81. The van der Waals surface area contributed by atoms with Crippen LogP contribution in [0.5, 0.6) is 0 Å². The van der Waals surface area contributed by atoms with Crippen molar-refractivity contribution in [2.75, 3.05) is 5.32 Å².